The monoisotopic (exact) mass is 373 g/mol. The molecule has 1 aliphatic carbocycles. The summed E-state index contributed by atoms with van der Waals surface area (Å²) in [4.78, 5) is 12.1. The number of hydrogen-bond donors (Lipinski definition) is 2. The van der Waals surface area contributed by atoms with Crippen LogP contribution < -0.4 is 10.6 Å². The molecule has 1 saturated carbocycles. The van der Waals surface area contributed by atoms with Crippen molar-refractivity contribution in [2.75, 3.05) is 11.1 Å². The van der Waals surface area contributed by atoms with Crippen LogP contribution in [0, 0.1) is 24.2 Å². The van der Waals surface area contributed by atoms with E-state index < -0.39 is 5.54 Å². The highest BCUT2D eigenvalue weighted by Gasteiger charge is 2.42. The molecule has 0 aliphatic heterocycles. The smallest absolute Gasteiger partial charge is 0.231 e. The Bertz CT molecular complexity index is 811. The van der Waals surface area contributed by atoms with Crippen LogP contribution in [0.25, 0.3) is 0 Å². The summed E-state index contributed by atoms with van der Waals surface area (Å²) in [5.74, 6) is 0.352. The lowest BCUT2D eigenvalue weighted by atomic mass is 9.98. The largest absolute Gasteiger partial charge is 0.337 e. The van der Waals surface area contributed by atoms with Crippen molar-refractivity contribution in [3.05, 3.63) is 29.8 Å². The number of para-hydroxylation sites is 1. The topological polar surface area (TPSA) is 90.7 Å². The molecule has 1 aromatic carbocycles. The number of carbonyl (C=O) groups is 1. The minimum absolute atomic E-state index is 0.149. The summed E-state index contributed by atoms with van der Waals surface area (Å²) in [5.41, 5.74) is 1.36. The molecule has 1 fully saturated rings. The van der Waals surface area contributed by atoms with Gasteiger partial charge in [0.1, 0.15) is 5.54 Å². The minimum atomic E-state index is -0.754. The Morgan fingerprint density at radius 1 is 1.44 bits per heavy atom. The molecule has 1 atom stereocenters. The zero-order valence-corrected chi connectivity index (χ0v) is 15.7. The Kier molecular flexibility index (Phi) is 5.25. The lowest BCUT2D eigenvalue weighted by Gasteiger charge is -2.22. The summed E-state index contributed by atoms with van der Waals surface area (Å²) in [6, 6.07) is 10.2. The fourth-order valence-corrected chi connectivity index (χ4v) is 4.05. The second-order valence-corrected chi connectivity index (χ2v) is 8.44. The molecule has 0 saturated heterocycles. The molecule has 8 heteroatoms. The quantitative estimate of drug-likeness (QED) is 0.722. The Morgan fingerprint density at radius 3 is 2.88 bits per heavy atom. The van der Waals surface area contributed by atoms with Gasteiger partial charge < -0.3 is 10.6 Å². The van der Waals surface area contributed by atoms with Crippen LogP contribution in [0.15, 0.2) is 28.6 Å². The first-order valence-electron chi connectivity index (χ1n) is 8.01. The lowest BCUT2D eigenvalue weighted by Crippen LogP contribution is -2.47. The van der Waals surface area contributed by atoms with E-state index in [0.717, 1.165) is 28.4 Å². The normalized spacial score (nSPS) is 15.9. The number of nitrogens with zero attached hydrogens (tertiary/aromatic N) is 3. The van der Waals surface area contributed by atoms with Gasteiger partial charge in [-0.3, -0.25) is 4.79 Å². The standard InChI is InChI=1S/C17H19N5OS2/c1-11-5-3-4-6-13(11)19-15-21-22-16(25-15)24-9-14(23)20-17(2,10-18)12-7-8-12/h3-6,12H,7-9H2,1-2H3,(H,19,21)(H,20,23). The van der Waals surface area contributed by atoms with E-state index in [1.54, 1.807) is 6.92 Å². The van der Waals surface area contributed by atoms with Gasteiger partial charge in [0, 0.05) is 5.69 Å². The lowest BCUT2D eigenvalue weighted by molar-refractivity contribution is -0.119. The maximum atomic E-state index is 12.1. The van der Waals surface area contributed by atoms with Gasteiger partial charge in [0.05, 0.1) is 11.8 Å². The molecular formula is C17H19N5OS2. The molecule has 2 aromatic rings. The highest BCUT2D eigenvalue weighted by Crippen LogP contribution is 2.39. The van der Waals surface area contributed by atoms with Crippen molar-refractivity contribution in [3.63, 3.8) is 0 Å². The van der Waals surface area contributed by atoms with E-state index in [-0.39, 0.29) is 17.6 Å². The fourth-order valence-electron chi connectivity index (χ4n) is 2.48. The number of amides is 1. The number of aryl methyl sites for hydroxylation is 1. The van der Waals surface area contributed by atoms with Crippen molar-refractivity contribution in [2.24, 2.45) is 5.92 Å². The molecule has 1 aliphatic rings. The van der Waals surface area contributed by atoms with Crippen molar-refractivity contribution in [1.82, 2.24) is 15.5 Å². The fraction of sp³-hybridized carbons (Fsp3) is 0.412. The summed E-state index contributed by atoms with van der Waals surface area (Å²) >= 11 is 2.74. The van der Waals surface area contributed by atoms with E-state index in [1.165, 1.54) is 23.1 Å². The van der Waals surface area contributed by atoms with Crippen LogP contribution in [0.3, 0.4) is 0 Å². The maximum Gasteiger partial charge on any atom is 0.231 e. The Labute approximate surface area is 155 Å². The second kappa shape index (κ2) is 7.42. The molecule has 2 N–H and O–H groups in total. The molecule has 1 heterocycles. The van der Waals surface area contributed by atoms with Gasteiger partial charge in [-0.25, -0.2) is 0 Å². The number of nitrogens with one attached hydrogen (secondary N) is 2. The van der Waals surface area contributed by atoms with Gasteiger partial charge in [-0.05, 0) is 44.2 Å². The summed E-state index contributed by atoms with van der Waals surface area (Å²) in [5, 5.41) is 24.3. The maximum absolute atomic E-state index is 12.1. The summed E-state index contributed by atoms with van der Waals surface area (Å²) in [6.07, 6.45) is 2.00. The van der Waals surface area contributed by atoms with Crippen molar-refractivity contribution in [3.8, 4) is 6.07 Å². The van der Waals surface area contributed by atoms with Crippen molar-refractivity contribution < 1.29 is 4.79 Å². The van der Waals surface area contributed by atoms with Crippen LogP contribution in [0.4, 0.5) is 10.8 Å². The molecule has 25 heavy (non-hydrogen) atoms. The van der Waals surface area contributed by atoms with Gasteiger partial charge in [-0.15, -0.1) is 10.2 Å². The van der Waals surface area contributed by atoms with E-state index >= 15 is 0 Å². The van der Waals surface area contributed by atoms with E-state index in [9.17, 15) is 10.1 Å². The average Bonchev–Trinajstić information content (AvgIpc) is 3.37. The molecule has 1 unspecified atom stereocenters. The summed E-state index contributed by atoms with van der Waals surface area (Å²) < 4.78 is 0.719. The molecule has 1 aromatic heterocycles. The number of rotatable bonds is 7. The minimum Gasteiger partial charge on any atom is -0.337 e. The van der Waals surface area contributed by atoms with Crippen LogP contribution in [-0.4, -0.2) is 27.4 Å². The van der Waals surface area contributed by atoms with E-state index in [1.807, 2.05) is 31.2 Å². The van der Waals surface area contributed by atoms with E-state index in [0.29, 0.717) is 5.13 Å². The molecule has 0 radical (unpaired) electrons. The van der Waals surface area contributed by atoms with Gasteiger partial charge in [-0.2, -0.15) is 5.26 Å². The molecule has 0 bridgehead atoms. The Morgan fingerprint density at radius 2 is 2.20 bits per heavy atom. The van der Waals surface area contributed by atoms with E-state index in [4.69, 9.17) is 0 Å². The third-order valence-corrected chi connectivity index (χ3v) is 6.12. The Balaban J connectivity index is 1.52. The predicted molar refractivity (Wildman–Crippen MR) is 100.0 cm³/mol. The summed E-state index contributed by atoms with van der Waals surface area (Å²) in [6.45, 7) is 3.82. The van der Waals surface area contributed by atoms with Gasteiger partial charge in [-0.1, -0.05) is 41.3 Å². The molecule has 0 spiro atoms. The van der Waals surface area contributed by atoms with E-state index in [2.05, 4.69) is 26.9 Å². The number of aromatic nitrogens is 2. The first kappa shape index (κ1) is 17.7. The first-order chi connectivity index (χ1) is 12.0. The number of hydrogen-bond acceptors (Lipinski definition) is 7. The number of anilines is 2. The zero-order valence-electron chi connectivity index (χ0n) is 14.1. The molecule has 130 valence electrons. The van der Waals surface area contributed by atoms with Gasteiger partial charge in [0.2, 0.25) is 11.0 Å². The third-order valence-electron chi connectivity index (χ3n) is 4.15. The average molecular weight is 374 g/mol. The molecular weight excluding hydrogens is 354 g/mol. The van der Waals surface area contributed by atoms with Gasteiger partial charge >= 0.3 is 0 Å². The predicted octanol–water partition coefficient (Wildman–Crippen LogP) is 3.49. The number of benzene rings is 1. The van der Waals surface area contributed by atoms with Crippen molar-refractivity contribution in [2.45, 2.75) is 36.6 Å². The van der Waals surface area contributed by atoms with Crippen LogP contribution >= 0.6 is 23.1 Å². The van der Waals surface area contributed by atoms with Crippen LogP contribution in [-0.2, 0) is 4.79 Å². The Hall–Kier alpha value is -2.11. The third kappa shape index (κ3) is 4.50. The number of nitriles is 1. The highest BCUT2D eigenvalue weighted by molar-refractivity contribution is 8.01. The zero-order chi connectivity index (χ0) is 17.9. The first-order valence-corrected chi connectivity index (χ1v) is 9.81. The molecule has 1 amide bonds. The number of carbonyl (C=O) groups excluding carboxylic acids is 1. The van der Waals surface area contributed by atoms with Crippen molar-refractivity contribution in [1.29, 1.82) is 5.26 Å². The van der Waals surface area contributed by atoms with Crippen LogP contribution in [0.1, 0.15) is 25.3 Å². The molecule has 6 nitrogen and oxygen atoms in total. The van der Waals surface area contributed by atoms with Gasteiger partial charge in [0.15, 0.2) is 4.34 Å². The highest BCUT2D eigenvalue weighted by atomic mass is 32.2. The molecule has 3 rings (SSSR count). The van der Waals surface area contributed by atoms with Crippen molar-refractivity contribution >= 4 is 39.8 Å². The number of thioether (sulfide) groups is 1. The van der Waals surface area contributed by atoms with Crippen LogP contribution in [0.2, 0.25) is 0 Å². The van der Waals surface area contributed by atoms with Gasteiger partial charge in [0.25, 0.3) is 0 Å². The van der Waals surface area contributed by atoms with Crippen LogP contribution in [0.5, 0.6) is 0 Å². The summed E-state index contributed by atoms with van der Waals surface area (Å²) in [7, 11) is 0. The second-order valence-electron chi connectivity index (χ2n) is 6.24. The SMILES string of the molecule is Cc1ccccc1Nc1nnc(SCC(=O)NC(C)(C#N)C2CC2)s1.